The van der Waals surface area contributed by atoms with E-state index in [1.165, 1.54) is 23.1 Å². The molecule has 0 aliphatic carbocycles. The summed E-state index contributed by atoms with van der Waals surface area (Å²) < 4.78 is 5.81. The van der Waals surface area contributed by atoms with Crippen LogP contribution in [0.1, 0.15) is 19.8 Å². The number of ether oxygens (including phenoxy) is 1. The van der Waals surface area contributed by atoms with Gasteiger partial charge in [-0.15, -0.1) is 16.8 Å². The van der Waals surface area contributed by atoms with Gasteiger partial charge in [-0.25, -0.2) is 0 Å². The summed E-state index contributed by atoms with van der Waals surface area (Å²) in [5, 5.41) is 11.8. The number of nitrogens with one attached hydrogen (secondary N) is 1. The minimum absolute atomic E-state index is 0.0183. The van der Waals surface area contributed by atoms with E-state index in [0.29, 0.717) is 37.1 Å². The molecule has 1 atom stereocenters. The molecule has 7 nitrogen and oxygen atoms in total. The molecule has 132 valence electrons. The van der Waals surface area contributed by atoms with Gasteiger partial charge in [-0.05, 0) is 19.8 Å². The van der Waals surface area contributed by atoms with Gasteiger partial charge in [-0.3, -0.25) is 9.59 Å². The third kappa shape index (κ3) is 5.48. The second-order valence-corrected chi connectivity index (χ2v) is 7.46. The van der Waals surface area contributed by atoms with Crippen LogP contribution in [0.5, 0.6) is 0 Å². The highest BCUT2D eigenvalue weighted by atomic mass is 32.2. The van der Waals surface area contributed by atoms with E-state index in [4.69, 9.17) is 4.74 Å². The fourth-order valence-electron chi connectivity index (χ4n) is 2.37. The number of carbonyl (C=O) groups is 2. The van der Waals surface area contributed by atoms with Crippen molar-refractivity contribution in [3.8, 4) is 0 Å². The zero-order chi connectivity index (χ0) is 17.4. The van der Waals surface area contributed by atoms with Crippen molar-refractivity contribution in [2.24, 2.45) is 5.92 Å². The molecular formula is C15H22N4O3S2. The molecule has 0 bridgehead atoms. The molecule has 0 radical (unpaired) electrons. The topological polar surface area (TPSA) is 84.4 Å². The van der Waals surface area contributed by atoms with Crippen LogP contribution >= 0.6 is 23.1 Å². The Balaban J connectivity index is 1.80. The summed E-state index contributed by atoms with van der Waals surface area (Å²) >= 11 is 2.78. The molecule has 2 rings (SSSR count). The Kier molecular flexibility index (Phi) is 7.51. The van der Waals surface area contributed by atoms with Crippen LogP contribution in [0.15, 0.2) is 17.0 Å². The average molecular weight is 371 g/mol. The Morgan fingerprint density at radius 2 is 2.38 bits per heavy atom. The van der Waals surface area contributed by atoms with Crippen LogP contribution in [0.2, 0.25) is 0 Å². The second-order valence-electron chi connectivity index (χ2n) is 5.26. The first-order valence-corrected chi connectivity index (χ1v) is 9.69. The number of aromatic nitrogens is 2. The molecule has 9 heteroatoms. The number of anilines is 1. The number of nitrogens with zero attached hydrogens (tertiary/aromatic N) is 3. The number of amides is 1. The lowest BCUT2D eigenvalue weighted by Crippen LogP contribution is -2.43. The van der Waals surface area contributed by atoms with Gasteiger partial charge in [-0.1, -0.05) is 29.2 Å². The standard InChI is InChI=1S/C15H22N4O3S2/c1-3-7-16-14-17-18-15(24-14)23-10-12(20)19-8-5-6-11(9-19)13(21)22-4-2/h3,11H,1,4-10H2,2H3,(H,16,17)/t11-/m1/s1. The first-order chi connectivity index (χ1) is 11.6. The average Bonchev–Trinajstić information content (AvgIpc) is 3.06. The number of likely N-dealkylation sites (tertiary alicyclic amines) is 1. The first-order valence-electron chi connectivity index (χ1n) is 7.89. The maximum absolute atomic E-state index is 12.4. The molecule has 0 saturated carbocycles. The fraction of sp³-hybridized carbons (Fsp3) is 0.600. The van der Waals surface area contributed by atoms with Crippen LogP contribution in [0.3, 0.4) is 0 Å². The summed E-state index contributed by atoms with van der Waals surface area (Å²) in [4.78, 5) is 25.9. The van der Waals surface area contributed by atoms with E-state index in [-0.39, 0.29) is 17.8 Å². The molecule has 1 saturated heterocycles. The number of piperidine rings is 1. The molecule has 1 aromatic rings. The van der Waals surface area contributed by atoms with E-state index in [1.807, 2.05) is 0 Å². The summed E-state index contributed by atoms with van der Waals surface area (Å²) in [6.07, 6.45) is 3.35. The zero-order valence-corrected chi connectivity index (χ0v) is 15.3. The third-order valence-electron chi connectivity index (χ3n) is 3.52. The lowest BCUT2D eigenvalue weighted by molar-refractivity contribution is -0.151. The SMILES string of the molecule is C=CCNc1nnc(SCC(=O)N2CCC[C@@H](C(=O)OCC)C2)s1. The molecule has 0 aromatic carbocycles. The van der Waals surface area contributed by atoms with Gasteiger partial charge >= 0.3 is 5.97 Å². The van der Waals surface area contributed by atoms with Gasteiger partial charge in [0, 0.05) is 19.6 Å². The van der Waals surface area contributed by atoms with Gasteiger partial charge in [0.1, 0.15) is 0 Å². The van der Waals surface area contributed by atoms with Gasteiger partial charge in [0.15, 0.2) is 4.34 Å². The largest absolute Gasteiger partial charge is 0.466 e. The van der Waals surface area contributed by atoms with Crippen LogP contribution in [-0.4, -0.2) is 59.0 Å². The van der Waals surface area contributed by atoms with Crippen LogP contribution in [-0.2, 0) is 14.3 Å². The van der Waals surface area contributed by atoms with E-state index < -0.39 is 0 Å². The normalized spacial score (nSPS) is 17.4. The van der Waals surface area contributed by atoms with Crippen LogP contribution < -0.4 is 5.32 Å². The maximum atomic E-state index is 12.4. The lowest BCUT2D eigenvalue weighted by atomic mass is 9.98. The monoisotopic (exact) mass is 370 g/mol. The zero-order valence-electron chi connectivity index (χ0n) is 13.7. The third-order valence-corrected chi connectivity index (χ3v) is 5.52. The number of thioether (sulfide) groups is 1. The maximum Gasteiger partial charge on any atom is 0.310 e. The van der Waals surface area contributed by atoms with E-state index in [2.05, 4.69) is 22.1 Å². The summed E-state index contributed by atoms with van der Waals surface area (Å²) in [5.41, 5.74) is 0. The minimum Gasteiger partial charge on any atom is -0.466 e. The molecule has 1 N–H and O–H groups in total. The number of carbonyl (C=O) groups excluding carboxylic acids is 2. The lowest BCUT2D eigenvalue weighted by Gasteiger charge is -2.31. The van der Waals surface area contributed by atoms with Crippen LogP contribution in [0, 0.1) is 5.92 Å². The van der Waals surface area contributed by atoms with Crippen molar-refractivity contribution in [2.45, 2.75) is 24.1 Å². The molecule has 24 heavy (non-hydrogen) atoms. The van der Waals surface area contributed by atoms with Gasteiger partial charge in [-0.2, -0.15) is 0 Å². The molecule has 1 aliphatic heterocycles. The highest BCUT2D eigenvalue weighted by Crippen LogP contribution is 2.26. The predicted molar refractivity (Wildman–Crippen MR) is 95.3 cm³/mol. The van der Waals surface area contributed by atoms with E-state index in [1.54, 1.807) is 17.9 Å². The summed E-state index contributed by atoms with van der Waals surface area (Å²) in [5.74, 6) is -0.0931. The molecule has 2 heterocycles. The highest BCUT2D eigenvalue weighted by molar-refractivity contribution is 8.01. The summed E-state index contributed by atoms with van der Waals surface area (Å²) in [6.45, 7) is 7.56. The Morgan fingerprint density at radius 1 is 1.54 bits per heavy atom. The van der Waals surface area contributed by atoms with Crippen molar-refractivity contribution in [2.75, 3.05) is 37.3 Å². The van der Waals surface area contributed by atoms with Crippen LogP contribution in [0.25, 0.3) is 0 Å². The number of hydrogen-bond acceptors (Lipinski definition) is 8. The number of esters is 1. The quantitative estimate of drug-likeness (QED) is 0.426. The Labute approximate surface area is 149 Å². The fourth-order valence-corrected chi connectivity index (χ4v) is 4.03. The molecular weight excluding hydrogens is 348 g/mol. The van der Waals surface area contributed by atoms with Crippen molar-refractivity contribution >= 4 is 40.1 Å². The molecule has 1 aliphatic rings. The van der Waals surface area contributed by atoms with E-state index in [0.717, 1.165) is 17.2 Å². The number of rotatable bonds is 8. The van der Waals surface area contributed by atoms with Crippen molar-refractivity contribution in [3.63, 3.8) is 0 Å². The molecule has 1 aromatic heterocycles. The second kappa shape index (κ2) is 9.63. The van der Waals surface area contributed by atoms with Gasteiger partial charge in [0.2, 0.25) is 11.0 Å². The smallest absolute Gasteiger partial charge is 0.310 e. The van der Waals surface area contributed by atoms with Crippen molar-refractivity contribution in [3.05, 3.63) is 12.7 Å². The van der Waals surface area contributed by atoms with Crippen molar-refractivity contribution in [1.29, 1.82) is 0 Å². The van der Waals surface area contributed by atoms with Crippen LogP contribution in [0.4, 0.5) is 5.13 Å². The molecule has 1 amide bonds. The van der Waals surface area contributed by atoms with E-state index in [9.17, 15) is 9.59 Å². The number of hydrogen-bond donors (Lipinski definition) is 1. The van der Waals surface area contributed by atoms with Crippen molar-refractivity contribution < 1.29 is 14.3 Å². The molecule has 1 fully saturated rings. The van der Waals surface area contributed by atoms with Crippen molar-refractivity contribution in [1.82, 2.24) is 15.1 Å². The summed E-state index contributed by atoms with van der Waals surface area (Å²) in [6, 6.07) is 0. The molecule has 0 unspecified atom stereocenters. The van der Waals surface area contributed by atoms with Gasteiger partial charge in [0.05, 0.1) is 18.3 Å². The summed E-state index contributed by atoms with van der Waals surface area (Å²) in [7, 11) is 0. The minimum atomic E-state index is -0.205. The van der Waals surface area contributed by atoms with Gasteiger partial charge < -0.3 is 15.0 Å². The Hall–Kier alpha value is -1.61. The molecule has 0 spiro atoms. The Morgan fingerprint density at radius 3 is 3.12 bits per heavy atom. The Bertz CT molecular complexity index is 579. The van der Waals surface area contributed by atoms with E-state index >= 15 is 0 Å². The van der Waals surface area contributed by atoms with Gasteiger partial charge in [0.25, 0.3) is 0 Å². The highest BCUT2D eigenvalue weighted by Gasteiger charge is 2.29. The predicted octanol–water partition coefficient (Wildman–Crippen LogP) is 2.03. The first kappa shape index (κ1) is 18.7.